The average Bonchev–Trinajstić information content (AvgIpc) is 2.32. The first-order valence-corrected chi connectivity index (χ1v) is 6.01. The molecule has 1 atom stereocenters. The second kappa shape index (κ2) is 6.78. The monoisotopic (exact) mass is 235 g/mol. The molecule has 1 aromatic carbocycles. The zero-order chi connectivity index (χ0) is 12.7. The number of amides is 2. The molecule has 0 heterocycles. The first-order chi connectivity index (χ1) is 8.15. The number of carbonyl (C=O) groups excluding carboxylic acids is 1. The fourth-order valence-corrected chi connectivity index (χ4v) is 1.63. The summed E-state index contributed by atoms with van der Waals surface area (Å²) >= 11 is 0. The van der Waals surface area contributed by atoms with Crippen LogP contribution in [0.5, 0.6) is 0 Å². The lowest BCUT2D eigenvalue weighted by Gasteiger charge is -2.14. The van der Waals surface area contributed by atoms with E-state index < -0.39 is 0 Å². The molecule has 0 aliphatic carbocycles. The minimum Gasteiger partial charge on any atom is -0.383 e. The van der Waals surface area contributed by atoms with Crippen LogP contribution < -0.4 is 16.0 Å². The van der Waals surface area contributed by atoms with Crippen LogP contribution in [0.2, 0.25) is 0 Å². The van der Waals surface area contributed by atoms with Gasteiger partial charge in [-0.1, -0.05) is 13.3 Å². The molecular weight excluding hydrogens is 214 g/mol. The highest BCUT2D eigenvalue weighted by atomic mass is 16.2. The first-order valence-electron chi connectivity index (χ1n) is 6.01. The van der Waals surface area contributed by atoms with Crippen molar-refractivity contribution in [1.29, 1.82) is 0 Å². The first kappa shape index (κ1) is 13.4. The lowest BCUT2D eigenvalue weighted by molar-refractivity contribution is 0.254. The predicted molar refractivity (Wildman–Crippen MR) is 72.5 cm³/mol. The number of anilines is 2. The van der Waals surface area contributed by atoms with Gasteiger partial charge >= 0.3 is 6.03 Å². The predicted octanol–water partition coefficient (Wildman–Crippen LogP) is 3.04. The van der Waals surface area contributed by atoms with E-state index in [1.807, 2.05) is 24.3 Å². The van der Waals surface area contributed by atoms with Gasteiger partial charge in [-0.2, -0.15) is 0 Å². The molecule has 0 saturated carbocycles. The van der Waals surface area contributed by atoms with E-state index in [4.69, 9.17) is 0 Å². The Morgan fingerprint density at radius 1 is 1.24 bits per heavy atom. The Morgan fingerprint density at radius 3 is 2.35 bits per heavy atom. The molecule has 1 unspecified atom stereocenters. The van der Waals surface area contributed by atoms with Crippen molar-refractivity contribution in [2.45, 2.75) is 32.7 Å². The summed E-state index contributed by atoms with van der Waals surface area (Å²) < 4.78 is 0. The molecule has 3 N–H and O–H groups in total. The van der Waals surface area contributed by atoms with Crippen molar-refractivity contribution in [1.82, 2.24) is 5.32 Å². The number of hydrogen-bond acceptors (Lipinski definition) is 2. The maximum atomic E-state index is 11.1. The Labute approximate surface area is 103 Å². The highest BCUT2D eigenvalue weighted by Gasteiger charge is 2.01. The molecule has 94 valence electrons. The molecule has 2 amide bonds. The van der Waals surface area contributed by atoms with Gasteiger partial charge in [-0.15, -0.1) is 0 Å². The largest absolute Gasteiger partial charge is 0.383 e. The minimum atomic E-state index is -0.204. The average molecular weight is 235 g/mol. The van der Waals surface area contributed by atoms with Crippen molar-refractivity contribution in [2.75, 3.05) is 17.7 Å². The second-order valence-electron chi connectivity index (χ2n) is 4.12. The summed E-state index contributed by atoms with van der Waals surface area (Å²) in [6.07, 6.45) is 2.32. The van der Waals surface area contributed by atoms with Crippen molar-refractivity contribution < 1.29 is 4.79 Å². The zero-order valence-electron chi connectivity index (χ0n) is 10.7. The van der Waals surface area contributed by atoms with Crippen molar-refractivity contribution in [3.8, 4) is 0 Å². The number of carbonyl (C=O) groups is 1. The quantitative estimate of drug-likeness (QED) is 0.734. The van der Waals surface area contributed by atoms with E-state index in [1.54, 1.807) is 7.05 Å². The van der Waals surface area contributed by atoms with Gasteiger partial charge < -0.3 is 16.0 Å². The summed E-state index contributed by atoms with van der Waals surface area (Å²) in [4.78, 5) is 11.1. The van der Waals surface area contributed by atoms with E-state index in [-0.39, 0.29) is 6.03 Å². The standard InChI is InChI=1S/C13H21N3O/c1-4-5-10(2)15-11-6-8-12(9-7-11)16-13(17)14-3/h6-10,15H,4-5H2,1-3H3,(H2,14,16,17). The molecule has 4 heteroatoms. The van der Waals surface area contributed by atoms with Gasteiger partial charge in [-0.3, -0.25) is 0 Å². The summed E-state index contributed by atoms with van der Waals surface area (Å²) in [5.74, 6) is 0. The van der Waals surface area contributed by atoms with Crippen molar-refractivity contribution >= 4 is 17.4 Å². The van der Waals surface area contributed by atoms with Crippen molar-refractivity contribution in [3.05, 3.63) is 24.3 Å². The van der Waals surface area contributed by atoms with Gasteiger partial charge in [0, 0.05) is 24.5 Å². The molecule has 1 rings (SSSR count). The molecule has 0 bridgehead atoms. The third kappa shape index (κ3) is 4.76. The number of rotatable bonds is 5. The fourth-order valence-electron chi connectivity index (χ4n) is 1.63. The molecule has 0 aromatic heterocycles. The molecule has 0 saturated heterocycles. The Bertz CT molecular complexity index is 348. The molecule has 0 radical (unpaired) electrons. The summed E-state index contributed by atoms with van der Waals surface area (Å²) in [6.45, 7) is 4.34. The summed E-state index contributed by atoms with van der Waals surface area (Å²) in [5, 5.41) is 8.64. The molecule has 0 aliphatic heterocycles. The normalized spacial score (nSPS) is 11.7. The Kier molecular flexibility index (Phi) is 5.33. The van der Waals surface area contributed by atoms with Gasteiger partial charge in [0.25, 0.3) is 0 Å². The second-order valence-corrected chi connectivity index (χ2v) is 4.12. The third-order valence-electron chi connectivity index (χ3n) is 2.50. The van der Waals surface area contributed by atoms with Gasteiger partial charge in [0.05, 0.1) is 0 Å². The number of hydrogen-bond donors (Lipinski definition) is 3. The van der Waals surface area contributed by atoms with E-state index in [1.165, 1.54) is 6.42 Å². The van der Waals surface area contributed by atoms with E-state index in [0.717, 1.165) is 17.8 Å². The highest BCUT2D eigenvalue weighted by Crippen LogP contribution is 2.15. The maximum absolute atomic E-state index is 11.1. The fraction of sp³-hybridized carbons (Fsp3) is 0.462. The Hall–Kier alpha value is -1.71. The topological polar surface area (TPSA) is 53.2 Å². The van der Waals surface area contributed by atoms with Crippen molar-refractivity contribution in [2.24, 2.45) is 0 Å². The molecular formula is C13H21N3O. The molecule has 0 fully saturated rings. The van der Waals surface area contributed by atoms with Gasteiger partial charge in [0.1, 0.15) is 0 Å². The smallest absolute Gasteiger partial charge is 0.318 e. The zero-order valence-corrected chi connectivity index (χ0v) is 10.7. The lowest BCUT2D eigenvalue weighted by atomic mass is 10.2. The summed E-state index contributed by atoms with van der Waals surface area (Å²) in [5.41, 5.74) is 1.87. The van der Waals surface area contributed by atoms with Gasteiger partial charge in [0.2, 0.25) is 0 Å². The molecule has 17 heavy (non-hydrogen) atoms. The van der Waals surface area contributed by atoms with Crippen LogP contribution in [0.1, 0.15) is 26.7 Å². The van der Waals surface area contributed by atoms with Gasteiger partial charge in [0.15, 0.2) is 0 Å². The van der Waals surface area contributed by atoms with Gasteiger partial charge in [-0.05, 0) is 37.6 Å². The molecule has 0 spiro atoms. The van der Waals surface area contributed by atoms with Crippen LogP contribution in [-0.4, -0.2) is 19.1 Å². The number of urea groups is 1. The number of benzene rings is 1. The van der Waals surface area contributed by atoms with Gasteiger partial charge in [-0.25, -0.2) is 4.79 Å². The molecule has 1 aromatic rings. The summed E-state index contributed by atoms with van der Waals surface area (Å²) in [6, 6.07) is 7.98. The molecule has 0 aliphatic rings. The number of nitrogens with one attached hydrogen (secondary N) is 3. The van der Waals surface area contributed by atoms with Crippen LogP contribution in [0.15, 0.2) is 24.3 Å². The van der Waals surface area contributed by atoms with Crippen LogP contribution in [0, 0.1) is 0 Å². The van der Waals surface area contributed by atoms with Crippen LogP contribution in [0.3, 0.4) is 0 Å². The van der Waals surface area contributed by atoms with E-state index in [9.17, 15) is 4.79 Å². The van der Waals surface area contributed by atoms with Crippen LogP contribution in [-0.2, 0) is 0 Å². The Morgan fingerprint density at radius 2 is 1.82 bits per heavy atom. The van der Waals surface area contributed by atoms with Crippen LogP contribution in [0.4, 0.5) is 16.2 Å². The maximum Gasteiger partial charge on any atom is 0.318 e. The minimum absolute atomic E-state index is 0.204. The van der Waals surface area contributed by atoms with Crippen LogP contribution in [0.25, 0.3) is 0 Å². The van der Waals surface area contributed by atoms with Crippen molar-refractivity contribution in [3.63, 3.8) is 0 Å². The SMILES string of the molecule is CCCC(C)Nc1ccc(NC(=O)NC)cc1. The van der Waals surface area contributed by atoms with E-state index in [0.29, 0.717) is 6.04 Å². The Balaban J connectivity index is 2.52. The highest BCUT2D eigenvalue weighted by molar-refractivity contribution is 5.89. The van der Waals surface area contributed by atoms with E-state index in [2.05, 4.69) is 29.8 Å². The third-order valence-corrected chi connectivity index (χ3v) is 2.50. The summed E-state index contributed by atoms with van der Waals surface area (Å²) in [7, 11) is 1.59. The molecule has 4 nitrogen and oxygen atoms in total. The van der Waals surface area contributed by atoms with Crippen LogP contribution >= 0.6 is 0 Å². The van der Waals surface area contributed by atoms with E-state index >= 15 is 0 Å². The lowest BCUT2D eigenvalue weighted by Crippen LogP contribution is -2.24.